The van der Waals surface area contributed by atoms with Crippen molar-refractivity contribution >= 4 is 17.8 Å². The van der Waals surface area contributed by atoms with E-state index in [0.29, 0.717) is 13.1 Å². The highest BCUT2D eigenvalue weighted by Gasteiger charge is 2.27. The molecule has 0 radical (unpaired) electrons. The maximum absolute atomic E-state index is 12.3. The summed E-state index contributed by atoms with van der Waals surface area (Å²) < 4.78 is 7.16. The van der Waals surface area contributed by atoms with E-state index in [1.165, 1.54) is 7.11 Å². The molecule has 8 heteroatoms. The number of ether oxygens (including phenoxy) is 1. The Hall–Kier alpha value is -2.09. The summed E-state index contributed by atoms with van der Waals surface area (Å²) >= 11 is 0. The number of imidazole rings is 1. The lowest BCUT2D eigenvalue weighted by Crippen LogP contribution is -2.44. The Morgan fingerprint density at radius 3 is 2.83 bits per heavy atom. The van der Waals surface area contributed by atoms with Crippen LogP contribution in [0.2, 0.25) is 0 Å². The minimum Gasteiger partial charge on any atom is -0.372 e. The number of methoxy groups -OCH3 is 1. The fourth-order valence-corrected chi connectivity index (χ4v) is 2.88. The highest BCUT2D eigenvalue weighted by molar-refractivity contribution is 5.87. The number of amides is 2. The predicted octanol–water partition coefficient (Wildman–Crippen LogP) is 0.130. The Kier molecular flexibility index (Phi) is 6.19. The summed E-state index contributed by atoms with van der Waals surface area (Å²) in [5.41, 5.74) is 0.906. The van der Waals surface area contributed by atoms with Crippen LogP contribution >= 0.6 is 0 Å². The van der Waals surface area contributed by atoms with Crippen molar-refractivity contribution in [2.45, 2.75) is 31.9 Å². The Bertz CT molecular complexity index is 584. The second-order valence-electron chi connectivity index (χ2n) is 6.26. The minimum absolute atomic E-state index is 0.0666. The summed E-state index contributed by atoms with van der Waals surface area (Å²) in [6.07, 6.45) is 3.86. The molecule has 1 aliphatic rings. The number of likely N-dealkylation sites (tertiary alicyclic amines) is 1. The number of aromatic nitrogens is 2. The lowest BCUT2D eigenvalue weighted by atomic mass is 10.2. The third-order valence-corrected chi connectivity index (χ3v) is 4.28. The number of carbonyl (C=O) groups is 2. The van der Waals surface area contributed by atoms with Gasteiger partial charge in [0.1, 0.15) is 6.10 Å². The molecule has 2 amide bonds. The molecule has 1 unspecified atom stereocenters. The fraction of sp³-hybridized carbons (Fsp3) is 0.688. The average molecular weight is 337 g/mol. The second-order valence-corrected chi connectivity index (χ2v) is 6.26. The van der Waals surface area contributed by atoms with Gasteiger partial charge in [0, 0.05) is 34.8 Å². The molecule has 8 nitrogen and oxygen atoms in total. The summed E-state index contributed by atoms with van der Waals surface area (Å²) in [4.78, 5) is 32.3. The highest BCUT2D eigenvalue weighted by Crippen LogP contribution is 2.14. The van der Waals surface area contributed by atoms with Crippen LogP contribution in [0.25, 0.3) is 0 Å². The maximum Gasteiger partial charge on any atom is 0.252 e. The molecule has 0 bridgehead atoms. The monoisotopic (exact) mass is 337 g/mol. The molecule has 2 rings (SSSR count). The first-order valence-corrected chi connectivity index (χ1v) is 8.20. The van der Waals surface area contributed by atoms with Crippen molar-refractivity contribution in [1.82, 2.24) is 19.8 Å². The van der Waals surface area contributed by atoms with E-state index in [1.807, 2.05) is 30.6 Å². The molecule has 1 fully saturated rings. The van der Waals surface area contributed by atoms with E-state index in [0.717, 1.165) is 30.9 Å². The molecule has 0 spiro atoms. The fourth-order valence-electron chi connectivity index (χ4n) is 2.88. The molecule has 134 valence electrons. The van der Waals surface area contributed by atoms with E-state index in [1.54, 1.807) is 11.1 Å². The van der Waals surface area contributed by atoms with Gasteiger partial charge < -0.3 is 24.4 Å². The number of nitrogens with zero attached hydrogens (tertiary/aromatic N) is 4. The van der Waals surface area contributed by atoms with E-state index in [-0.39, 0.29) is 18.4 Å². The van der Waals surface area contributed by atoms with Gasteiger partial charge in [0.05, 0.1) is 25.0 Å². The van der Waals surface area contributed by atoms with Gasteiger partial charge in [-0.2, -0.15) is 0 Å². The molecular weight excluding hydrogens is 310 g/mol. The molecular formula is C16H27N5O3. The topological polar surface area (TPSA) is 79.7 Å². The minimum atomic E-state index is -0.431. The van der Waals surface area contributed by atoms with Gasteiger partial charge in [0.15, 0.2) is 0 Å². The number of anilines is 1. The van der Waals surface area contributed by atoms with E-state index in [4.69, 9.17) is 4.74 Å². The Labute approximate surface area is 142 Å². The first kappa shape index (κ1) is 18.3. The van der Waals surface area contributed by atoms with Gasteiger partial charge in [0.2, 0.25) is 11.9 Å². The second kappa shape index (κ2) is 8.14. The van der Waals surface area contributed by atoms with Crippen LogP contribution in [0.3, 0.4) is 0 Å². The lowest BCUT2D eigenvalue weighted by Gasteiger charge is -2.23. The van der Waals surface area contributed by atoms with Crippen molar-refractivity contribution < 1.29 is 14.3 Å². The molecule has 1 saturated heterocycles. The van der Waals surface area contributed by atoms with E-state index in [2.05, 4.69) is 10.3 Å². The van der Waals surface area contributed by atoms with Crippen LogP contribution < -0.4 is 10.2 Å². The first-order valence-electron chi connectivity index (χ1n) is 8.20. The summed E-state index contributed by atoms with van der Waals surface area (Å²) in [7, 11) is 7.28. The molecule has 24 heavy (non-hydrogen) atoms. The van der Waals surface area contributed by atoms with Crippen LogP contribution in [-0.4, -0.2) is 66.7 Å². The SMILES string of the molecule is COC1CCCCN(CC(=O)NCc2cnc(N(C)C)n2C)C1=O. The van der Waals surface area contributed by atoms with Crippen molar-refractivity contribution in [3.63, 3.8) is 0 Å². The Balaban J connectivity index is 1.90. The number of carbonyl (C=O) groups excluding carboxylic acids is 2. The molecule has 0 saturated carbocycles. The van der Waals surface area contributed by atoms with Gasteiger partial charge in [-0.15, -0.1) is 0 Å². The molecule has 1 atom stereocenters. The smallest absolute Gasteiger partial charge is 0.252 e. The van der Waals surface area contributed by atoms with Gasteiger partial charge in [-0.3, -0.25) is 9.59 Å². The standard InChI is InChI=1S/C16H27N5O3/c1-19(2)16-18-10-12(20(16)3)9-17-14(22)11-21-8-6-5-7-13(24-4)15(21)23/h10,13H,5-9,11H2,1-4H3,(H,17,22). The largest absolute Gasteiger partial charge is 0.372 e. The summed E-state index contributed by atoms with van der Waals surface area (Å²) in [5.74, 6) is 0.554. The molecule has 1 aliphatic heterocycles. The number of hydrogen-bond acceptors (Lipinski definition) is 5. The third kappa shape index (κ3) is 4.25. The van der Waals surface area contributed by atoms with Crippen LogP contribution in [-0.2, 0) is 27.9 Å². The van der Waals surface area contributed by atoms with Gasteiger partial charge in [-0.1, -0.05) is 0 Å². The van der Waals surface area contributed by atoms with Crippen LogP contribution in [0, 0.1) is 0 Å². The van der Waals surface area contributed by atoms with Gasteiger partial charge in [-0.25, -0.2) is 4.98 Å². The normalized spacial score (nSPS) is 18.4. The van der Waals surface area contributed by atoms with Crippen LogP contribution in [0.15, 0.2) is 6.20 Å². The molecule has 2 heterocycles. The zero-order chi connectivity index (χ0) is 17.7. The molecule has 1 aromatic rings. The maximum atomic E-state index is 12.3. The van der Waals surface area contributed by atoms with Gasteiger partial charge in [-0.05, 0) is 19.3 Å². The van der Waals surface area contributed by atoms with E-state index < -0.39 is 6.10 Å². The molecule has 1 N–H and O–H groups in total. The quantitative estimate of drug-likeness (QED) is 0.798. The van der Waals surface area contributed by atoms with Gasteiger partial charge >= 0.3 is 0 Å². The summed E-state index contributed by atoms with van der Waals surface area (Å²) in [5, 5.41) is 2.86. The van der Waals surface area contributed by atoms with Crippen molar-refractivity contribution in [2.75, 3.05) is 39.2 Å². The summed E-state index contributed by atoms with van der Waals surface area (Å²) in [6, 6.07) is 0. The number of nitrogens with one attached hydrogen (secondary N) is 1. The van der Waals surface area contributed by atoms with Crippen LogP contribution in [0.1, 0.15) is 25.0 Å². The van der Waals surface area contributed by atoms with Crippen molar-refractivity contribution in [1.29, 1.82) is 0 Å². The van der Waals surface area contributed by atoms with Crippen LogP contribution in [0.4, 0.5) is 5.95 Å². The summed E-state index contributed by atoms with van der Waals surface area (Å²) in [6.45, 7) is 1.05. The molecule has 1 aromatic heterocycles. The van der Waals surface area contributed by atoms with E-state index >= 15 is 0 Å². The van der Waals surface area contributed by atoms with Crippen molar-refractivity contribution in [3.05, 3.63) is 11.9 Å². The van der Waals surface area contributed by atoms with Crippen molar-refractivity contribution in [3.8, 4) is 0 Å². The third-order valence-electron chi connectivity index (χ3n) is 4.28. The average Bonchev–Trinajstić information content (AvgIpc) is 2.82. The zero-order valence-corrected chi connectivity index (χ0v) is 14.9. The zero-order valence-electron chi connectivity index (χ0n) is 14.9. The number of hydrogen-bond donors (Lipinski definition) is 1. The Morgan fingerprint density at radius 1 is 1.46 bits per heavy atom. The molecule has 0 aliphatic carbocycles. The van der Waals surface area contributed by atoms with Gasteiger partial charge in [0.25, 0.3) is 5.91 Å². The van der Waals surface area contributed by atoms with Crippen molar-refractivity contribution in [2.24, 2.45) is 7.05 Å². The molecule has 0 aromatic carbocycles. The van der Waals surface area contributed by atoms with E-state index in [9.17, 15) is 9.59 Å². The lowest BCUT2D eigenvalue weighted by molar-refractivity contribution is -0.144. The Morgan fingerprint density at radius 2 is 2.21 bits per heavy atom. The first-order chi connectivity index (χ1) is 11.4. The predicted molar refractivity (Wildman–Crippen MR) is 90.6 cm³/mol. The number of rotatable bonds is 6. The van der Waals surface area contributed by atoms with Crippen LogP contribution in [0.5, 0.6) is 0 Å². The highest BCUT2D eigenvalue weighted by atomic mass is 16.5.